The van der Waals surface area contributed by atoms with Crippen LogP contribution in [0.4, 0.5) is 11.4 Å². The minimum Gasteiger partial charge on any atom is -0.327 e. The molecule has 0 aliphatic rings. The van der Waals surface area contributed by atoms with Crippen molar-refractivity contribution in [3.05, 3.63) is 71.1 Å². The Morgan fingerprint density at radius 1 is 1.29 bits per heavy atom. The van der Waals surface area contributed by atoms with Crippen molar-refractivity contribution in [2.24, 2.45) is 10.2 Å². The monoisotopic (exact) mass is 286 g/mol. The van der Waals surface area contributed by atoms with Gasteiger partial charge in [-0.3, -0.25) is 14.9 Å². The molecule has 1 N–H and O–H groups in total. The molecule has 1 aromatic carbocycles. The van der Waals surface area contributed by atoms with Crippen LogP contribution in [0.15, 0.2) is 71.2 Å². The van der Waals surface area contributed by atoms with E-state index in [9.17, 15) is 14.9 Å². The Labute approximate surface area is 121 Å². The van der Waals surface area contributed by atoms with Crippen LogP contribution in [0.2, 0.25) is 0 Å². The van der Waals surface area contributed by atoms with E-state index >= 15 is 0 Å². The zero-order chi connectivity index (χ0) is 15.8. The third-order valence-corrected chi connectivity index (χ3v) is 2.17. The lowest BCUT2D eigenvalue weighted by molar-refractivity contribution is -0.384. The number of carbonyl (C=O) groups is 1. The number of allylic oxidation sites excluding steroid dienone is 2. The molecule has 0 bridgehead atoms. The van der Waals surface area contributed by atoms with E-state index in [0.717, 1.165) is 0 Å². The zero-order valence-corrected chi connectivity index (χ0v) is 11.4. The van der Waals surface area contributed by atoms with Crippen LogP contribution in [-0.2, 0) is 4.79 Å². The molecule has 0 aliphatic carbocycles. The largest absolute Gasteiger partial charge is 0.327 e. The van der Waals surface area contributed by atoms with Crippen molar-refractivity contribution >= 4 is 17.3 Å². The molecule has 0 radical (unpaired) electrons. The second-order valence-corrected chi connectivity index (χ2v) is 4.00. The van der Waals surface area contributed by atoms with Crippen LogP contribution in [0.1, 0.15) is 6.92 Å². The molecule has 7 heteroatoms. The first-order chi connectivity index (χ1) is 9.88. The first-order valence-electron chi connectivity index (χ1n) is 5.88. The van der Waals surface area contributed by atoms with Crippen LogP contribution in [0.5, 0.6) is 0 Å². The fourth-order valence-electron chi connectivity index (χ4n) is 1.26. The maximum Gasteiger partial charge on any atom is 0.269 e. The van der Waals surface area contributed by atoms with Crippen molar-refractivity contribution in [1.82, 2.24) is 5.32 Å². The molecule has 0 fully saturated rings. The third kappa shape index (κ3) is 6.06. The van der Waals surface area contributed by atoms with Gasteiger partial charge in [-0.1, -0.05) is 13.2 Å². The number of amides is 1. The topological polar surface area (TPSA) is 97.0 Å². The summed E-state index contributed by atoms with van der Waals surface area (Å²) in [4.78, 5) is 20.8. The van der Waals surface area contributed by atoms with Crippen molar-refractivity contribution in [3.8, 4) is 0 Å². The molecule has 1 aromatic rings. The number of nitro groups is 1. The Kier molecular flexibility index (Phi) is 5.69. The molecule has 0 atom stereocenters. The average molecular weight is 286 g/mol. The van der Waals surface area contributed by atoms with Crippen molar-refractivity contribution in [2.45, 2.75) is 6.92 Å². The van der Waals surface area contributed by atoms with E-state index in [1.807, 2.05) is 0 Å². The molecule has 0 aliphatic heterocycles. The van der Waals surface area contributed by atoms with Gasteiger partial charge in [0.2, 0.25) is 5.91 Å². The number of carbonyl (C=O) groups excluding carboxylic acids is 1. The highest BCUT2D eigenvalue weighted by atomic mass is 16.6. The SMILES string of the molecule is C=C(/C=C\C(=C)NC(C)=O)N=Nc1ccc([N+](=O)[O-])cc1. The van der Waals surface area contributed by atoms with Gasteiger partial charge in [-0.15, -0.1) is 0 Å². The van der Waals surface area contributed by atoms with Crippen LogP contribution in [0.25, 0.3) is 0 Å². The fraction of sp³-hybridized carbons (Fsp3) is 0.0714. The summed E-state index contributed by atoms with van der Waals surface area (Å²) in [6.07, 6.45) is 3.08. The standard InChI is InChI=1S/C14H14N4O3/c1-10(15-12(3)19)4-5-11(2)16-17-13-6-8-14(9-7-13)18(20)21/h4-9H,1-2H2,3H3,(H,15,19)/b5-4-,17-16?. The lowest BCUT2D eigenvalue weighted by Crippen LogP contribution is -2.16. The van der Waals surface area contributed by atoms with Gasteiger partial charge in [0.25, 0.3) is 5.69 Å². The summed E-state index contributed by atoms with van der Waals surface area (Å²) in [7, 11) is 0. The Hall–Kier alpha value is -3.09. The fourth-order valence-corrected chi connectivity index (χ4v) is 1.26. The predicted octanol–water partition coefficient (Wildman–Crippen LogP) is 3.40. The Balaban J connectivity index is 2.61. The molecule has 0 spiro atoms. The molecule has 0 aromatic heterocycles. The minimum atomic E-state index is -0.490. The number of hydrogen-bond acceptors (Lipinski definition) is 5. The van der Waals surface area contributed by atoms with E-state index in [0.29, 0.717) is 17.1 Å². The maximum absolute atomic E-state index is 10.8. The van der Waals surface area contributed by atoms with Crippen LogP contribution in [-0.4, -0.2) is 10.8 Å². The number of azo groups is 1. The molecule has 1 amide bonds. The van der Waals surface area contributed by atoms with E-state index in [4.69, 9.17) is 0 Å². The zero-order valence-electron chi connectivity index (χ0n) is 11.4. The van der Waals surface area contributed by atoms with Crippen molar-refractivity contribution in [2.75, 3.05) is 0 Å². The molecular formula is C14H14N4O3. The summed E-state index contributed by atoms with van der Waals surface area (Å²) in [6, 6.07) is 5.64. The summed E-state index contributed by atoms with van der Waals surface area (Å²) in [6.45, 7) is 8.65. The molecule has 0 heterocycles. The summed E-state index contributed by atoms with van der Waals surface area (Å²) >= 11 is 0. The summed E-state index contributed by atoms with van der Waals surface area (Å²) in [5.41, 5.74) is 1.21. The molecular weight excluding hydrogens is 272 g/mol. The highest BCUT2D eigenvalue weighted by Gasteiger charge is 2.02. The van der Waals surface area contributed by atoms with Gasteiger partial charge in [-0.05, 0) is 24.3 Å². The number of nitrogens with one attached hydrogen (secondary N) is 1. The first-order valence-corrected chi connectivity index (χ1v) is 5.88. The predicted molar refractivity (Wildman–Crippen MR) is 78.8 cm³/mol. The highest BCUT2D eigenvalue weighted by molar-refractivity contribution is 5.75. The van der Waals surface area contributed by atoms with Gasteiger partial charge in [0, 0.05) is 24.8 Å². The Morgan fingerprint density at radius 3 is 2.43 bits per heavy atom. The van der Waals surface area contributed by atoms with Crippen molar-refractivity contribution in [3.63, 3.8) is 0 Å². The Morgan fingerprint density at radius 2 is 1.90 bits per heavy atom. The van der Waals surface area contributed by atoms with E-state index in [-0.39, 0.29) is 11.6 Å². The van der Waals surface area contributed by atoms with E-state index in [1.54, 1.807) is 6.08 Å². The Bertz CT molecular complexity index is 630. The summed E-state index contributed by atoms with van der Waals surface area (Å²) < 4.78 is 0. The summed E-state index contributed by atoms with van der Waals surface area (Å²) in [5, 5.41) is 20.7. The van der Waals surface area contributed by atoms with Gasteiger partial charge in [0.15, 0.2) is 0 Å². The number of rotatable bonds is 6. The molecule has 0 saturated carbocycles. The number of hydrogen-bond donors (Lipinski definition) is 1. The molecule has 0 unspecified atom stereocenters. The maximum atomic E-state index is 10.8. The first kappa shape index (κ1) is 16.0. The quantitative estimate of drug-likeness (QED) is 0.375. The molecule has 0 saturated heterocycles. The van der Waals surface area contributed by atoms with Crippen LogP contribution >= 0.6 is 0 Å². The second-order valence-electron chi connectivity index (χ2n) is 4.00. The van der Waals surface area contributed by atoms with Gasteiger partial charge in [-0.2, -0.15) is 10.2 Å². The summed E-state index contributed by atoms with van der Waals surface area (Å²) in [5.74, 6) is -0.220. The minimum absolute atomic E-state index is 0.0146. The lowest BCUT2D eigenvalue weighted by atomic mass is 10.3. The average Bonchev–Trinajstić information content (AvgIpc) is 2.42. The van der Waals surface area contributed by atoms with Gasteiger partial charge in [0.1, 0.15) is 0 Å². The van der Waals surface area contributed by atoms with E-state index in [2.05, 4.69) is 28.7 Å². The van der Waals surface area contributed by atoms with Crippen molar-refractivity contribution in [1.29, 1.82) is 0 Å². The highest BCUT2D eigenvalue weighted by Crippen LogP contribution is 2.18. The van der Waals surface area contributed by atoms with Crippen LogP contribution in [0.3, 0.4) is 0 Å². The second kappa shape index (κ2) is 7.49. The van der Waals surface area contributed by atoms with Gasteiger partial charge in [0.05, 0.1) is 16.3 Å². The molecule has 7 nitrogen and oxygen atoms in total. The molecule has 108 valence electrons. The number of nitrogens with zero attached hydrogens (tertiary/aromatic N) is 3. The van der Waals surface area contributed by atoms with Crippen molar-refractivity contribution < 1.29 is 9.72 Å². The van der Waals surface area contributed by atoms with Gasteiger partial charge < -0.3 is 5.32 Å². The number of non-ortho nitro benzene ring substituents is 1. The normalized spacial score (nSPS) is 10.7. The van der Waals surface area contributed by atoms with Crippen LogP contribution < -0.4 is 5.32 Å². The number of benzene rings is 1. The smallest absolute Gasteiger partial charge is 0.269 e. The molecule has 1 rings (SSSR count). The van der Waals surface area contributed by atoms with Gasteiger partial charge >= 0.3 is 0 Å². The van der Waals surface area contributed by atoms with Gasteiger partial charge in [-0.25, -0.2) is 0 Å². The van der Waals surface area contributed by atoms with E-state index < -0.39 is 4.92 Å². The number of nitro benzene ring substituents is 1. The van der Waals surface area contributed by atoms with E-state index in [1.165, 1.54) is 37.3 Å². The molecule has 21 heavy (non-hydrogen) atoms. The lowest BCUT2D eigenvalue weighted by Gasteiger charge is -1.98. The van der Waals surface area contributed by atoms with Crippen LogP contribution in [0, 0.1) is 10.1 Å². The third-order valence-electron chi connectivity index (χ3n) is 2.17.